The van der Waals surface area contributed by atoms with Crippen LogP contribution < -0.4 is 9.62 Å². The van der Waals surface area contributed by atoms with E-state index in [0.717, 1.165) is 17.7 Å². The zero-order valence-electron chi connectivity index (χ0n) is 17.9. The quantitative estimate of drug-likeness (QED) is 0.623. The van der Waals surface area contributed by atoms with Crippen LogP contribution in [-0.4, -0.2) is 50.7 Å². The van der Waals surface area contributed by atoms with Crippen molar-refractivity contribution in [2.24, 2.45) is 0 Å². The van der Waals surface area contributed by atoms with E-state index in [2.05, 4.69) is 4.90 Å². The molecule has 1 aliphatic heterocycles. The minimum absolute atomic E-state index is 0.173. The van der Waals surface area contributed by atoms with Crippen LogP contribution in [0.5, 0.6) is 0 Å². The van der Waals surface area contributed by atoms with Gasteiger partial charge in [-0.2, -0.15) is 0 Å². The Kier molecular flexibility index (Phi) is 6.87. The summed E-state index contributed by atoms with van der Waals surface area (Å²) in [6.07, 6.45) is 0.977. The lowest BCUT2D eigenvalue weighted by molar-refractivity contribution is 0.0977. The highest BCUT2D eigenvalue weighted by Gasteiger charge is 2.37. The first-order valence-electron chi connectivity index (χ1n) is 10.5. The molecule has 1 amide bonds. The molecule has 4 rings (SSSR count). The van der Waals surface area contributed by atoms with E-state index < -0.39 is 32.6 Å². The van der Waals surface area contributed by atoms with Crippen LogP contribution in [0.2, 0.25) is 10.0 Å². The van der Waals surface area contributed by atoms with Gasteiger partial charge < -0.3 is 4.90 Å². The van der Waals surface area contributed by atoms with Gasteiger partial charge in [0, 0.05) is 42.8 Å². The van der Waals surface area contributed by atoms with Gasteiger partial charge in [-0.15, -0.1) is 0 Å². The molecule has 11 heteroatoms. The third-order valence-corrected chi connectivity index (χ3v) is 8.49. The van der Waals surface area contributed by atoms with Crippen LogP contribution in [0.3, 0.4) is 0 Å². The first-order valence-corrected chi connectivity index (χ1v) is 12.8. The number of hydrogen-bond donors (Lipinski definition) is 1. The van der Waals surface area contributed by atoms with Gasteiger partial charge in [0.25, 0.3) is 5.91 Å². The fourth-order valence-corrected chi connectivity index (χ4v) is 5.47. The third kappa shape index (κ3) is 5.42. The van der Waals surface area contributed by atoms with E-state index in [1.54, 1.807) is 6.07 Å². The molecule has 0 atom stereocenters. The summed E-state index contributed by atoms with van der Waals surface area (Å²) in [5, 5.41) is -0.0378. The first-order chi connectivity index (χ1) is 15.5. The van der Waals surface area contributed by atoms with Crippen molar-refractivity contribution in [1.29, 1.82) is 0 Å². The molecule has 0 radical (unpaired) electrons. The number of rotatable bonds is 6. The molecule has 2 fully saturated rings. The van der Waals surface area contributed by atoms with Gasteiger partial charge in [-0.25, -0.2) is 21.9 Å². The van der Waals surface area contributed by atoms with Gasteiger partial charge in [-0.1, -0.05) is 23.2 Å². The molecule has 33 heavy (non-hydrogen) atoms. The molecular weight excluding hydrogens is 495 g/mol. The summed E-state index contributed by atoms with van der Waals surface area (Å²) < 4.78 is 54.8. The smallest absolute Gasteiger partial charge is 0.267 e. The SMILES string of the molecule is Cc1cc(N2CCN(Cc3cc(F)c(C(=O)NS(=O)(=O)C4CC4)cc3Cl)CC2)c(F)cc1Cl. The molecule has 1 aliphatic carbocycles. The molecule has 0 bridgehead atoms. The molecule has 0 spiro atoms. The molecule has 2 aliphatic rings. The maximum absolute atomic E-state index is 14.6. The summed E-state index contributed by atoms with van der Waals surface area (Å²) >= 11 is 12.3. The Morgan fingerprint density at radius 3 is 2.33 bits per heavy atom. The van der Waals surface area contributed by atoms with Gasteiger partial charge in [0.1, 0.15) is 11.6 Å². The van der Waals surface area contributed by atoms with Crippen LogP contribution in [0.1, 0.15) is 34.3 Å². The molecule has 1 N–H and O–H groups in total. The zero-order valence-corrected chi connectivity index (χ0v) is 20.2. The Morgan fingerprint density at radius 1 is 1.03 bits per heavy atom. The van der Waals surface area contributed by atoms with Crippen molar-refractivity contribution in [2.45, 2.75) is 31.6 Å². The second kappa shape index (κ2) is 9.37. The van der Waals surface area contributed by atoms with Crippen molar-refractivity contribution in [3.05, 3.63) is 62.6 Å². The van der Waals surface area contributed by atoms with Crippen LogP contribution in [0.25, 0.3) is 0 Å². The molecule has 1 heterocycles. The van der Waals surface area contributed by atoms with E-state index >= 15 is 0 Å². The fourth-order valence-electron chi connectivity index (χ4n) is 3.80. The van der Waals surface area contributed by atoms with Crippen LogP contribution in [0.4, 0.5) is 14.5 Å². The Balaban J connectivity index is 1.40. The number of piperazine rings is 1. The van der Waals surface area contributed by atoms with Crippen molar-refractivity contribution in [2.75, 3.05) is 31.1 Å². The number of nitrogens with zero attached hydrogens (tertiary/aromatic N) is 2. The van der Waals surface area contributed by atoms with Crippen molar-refractivity contribution < 1.29 is 22.0 Å². The van der Waals surface area contributed by atoms with Crippen LogP contribution in [0.15, 0.2) is 24.3 Å². The molecule has 178 valence electrons. The van der Waals surface area contributed by atoms with Gasteiger partial charge in [0.05, 0.1) is 16.5 Å². The molecule has 1 saturated carbocycles. The summed E-state index contributed by atoms with van der Waals surface area (Å²) in [5.41, 5.74) is 1.37. The van der Waals surface area contributed by atoms with Crippen molar-refractivity contribution in [1.82, 2.24) is 9.62 Å². The fraction of sp³-hybridized carbons (Fsp3) is 0.409. The second-order valence-corrected chi connectivity index (χ2v) is 11.2. The normalized spacial score (nSPS) is 17.3. The topological polar surface area (TPSA) is 69.7 Å². The minimum atomic E-state index is -3.79. The highest BCUT2D eigenvalue weighted by molar-refractivity contribution is 7.91. The maximum atomic E-state index is 14.6. The molecular formula is C22H23Cl2F2N3O3S. The van der Waals surface area contributed by atoms with E-state index in [1.807, 2.05) is 16.5 Å². The molecule has 6 nitrogen and oxygen atoms in total. The Bertz CT molecular complexity index is 1200. The number of halogens is 4. The van der Waals surface area contributed by atoms with Gasteiger partial charge in [0.15, 0.2) is 0 Å². The number of anilines is 1. The monoisotopic (exact) mass is 517 g/mol. The van der Waals surface area contributed by atoms with Crippen molar-refractivity contribution in [3.63, 3.8) is 0 Å². The third-order valence-electron chi connectivity index (χ3n) is 5.91. The number of carbonyl (C=O) groups excluding carboxylic acids is 1. The summed E-state index contributed by atoms with van der Waals surface area (Å²) in [5.74, 6) is -2.24. The number of nitrogens with one attached hydrogen (secondary N) is 1. The van der Waals surface area contributed by atoms with E-state index in [1.165, 1.54) is 6.07 Å². The highest BCUT2D eigenvalue weighted by atomic mass is 35.5. The number of carbonyl (C=O) groups is 1. The average molecular weight is 518 g/mol. The van der Waals surface area contributed by atoms with E-state index in [-0.39, 0.29) is 10.8 Å². The molecule has 2 aromatic carbocycles. The lowest BCUT2D eigenvalue weighted by Crippen LogP contribution is -2.46. The molecule has 0 aromatic heterocycles. The number of benzene rings is 2. The Morgan fingerprint density at radius 2 is 1.70 bits per heavy atom. The molecule has 1 saturated heterocycles. The second-order valence-electron chi connectivity index (χ2n) is 8.42. The lowest BCUT2D eigenvalue weighted by Gasteiger charge is -2.36. The van der Waals surface area contributed by atoms with E-state index in [9.17, 15) is 22.0 Å². The summed E-state index contributed by atoms with van der Waals surface area (Å²) in [6, 6.07) is 5.36. The largest absolute Gasteiger partial charge is 0.367 e. The van der Waals surface area contributed by atoms with Crippen molar-refractivity contribution in [3.8, 4) is 0 Å². The number of hydrogen-bond acceptors (Lipinski definition) is 5. The standard InChI is InChI=1S/C22H23Cl2F2N3O3S/c1-13-8-21(20(26)11-17(13)23)29-6-4-28(5-7-29)12-14-9-19(25)16(10-18(14)24)22(30)27-33(31,32)15-2-3-15/h8-11,15H,2-7,12H2,1H3,(H,27,30). The van der Waals surface area contributed by atoms with Crippen LogP contribution in [0, 0.1) is 18.6 Å². The molecule has 0 unspecified atom stereocenters. The van der Waals surface area contributed by atoms with Gasteiger partial charge in [-0.05, 0) is 55.2 Å². The summed E-state index contributed by atoms with van der Waals surface area (Å²) in [7, 11) is -3.79. The summed E-state index contributed by atoms with van der Waals surface area (Å²) in [4.78, 5) is 16.3. The summed E-state index contributed by atoms with van der Waals surface area (Å²) in [6.45, 7) is 4.49. The zero-order chi connectivity index (χ0) is 23.9. The predicted molar refractivity (Wildman–Crippen MR) is 124 cm³/mol. The first kappa shape index (κ1) is 24.2. The van der Waals surface area contributed by atoms with Crippen LogP contribution in [-0.2, 0) is 16.6 Å². The van der Waals surface area contributed by atoms with Gasteiger partial charge in [-0.3, -0.25) is 9.69 Å². The minimum Gasteiger partial charge on any atom is -0.367 e. The number of sulfonamides is 1. The van der Waals surface area contributed by atoms with Gasteiger partial charge in [0.2, 0.25) is 10.0 Å². The number of amides is 1. The maximum Gasteiger partial charge on any atom is 0.267 e. The lowest BCUT2D eigenvalue weighted by atomic mass is 10.1. The highest BCUT2D eigenvalue weighted by Crippen LogP contribution is 2.30. The van der Waals surface area contributed by atoms with Crippen molar-refractivity contribution >= 4 is 44.8 Å². The van der Waals surface area contributed by atoms with E-state index in [0.29, 0.717) is 61.8 Å². The van der Waals surface area contributed by atoms with Gasteiger partial charge >= 0.3 is 0 Å². The predicted octanol–water partition coefficient (Wildman–Crippen LogP) is 4.12. The Labute approximate surface area is 201 Å². The average Bonchev–Trinajstić information content (AvgIpc) is 3.59. The Hall–Kier alpha value is -1.94. The molecule has 2 aromatic rings. The van der Waals surface area contributed by atoms with E-state index in [4.69, 9.17) is 23.2 Å². The van der Waals surface area contributed by atoms with Crippen LogP contribution >= 0.6 is 23.2 Å². The number of aryl methyl sites for hydroxylation is 1.